The number of amides is 3. The molecule has 0 atom stereocenters. The topological polar surface area (TPSA) is 78.5 Å². The fourth-order valence-corrected chi connectivity index (χ4v) is 2.46. The molecule has 0 spiro atoms. The van der Waals surface area contributed by atoms with Crippen LogP contribution in [0.4, 0.5) is 15.8 Å². The van der Waals surface area contributed by atoms with Crippen molar-refractivity contribution in [2.24, 2.45) is 0 Å². The number of nitrogens with one attached hydrogen (secondary N) is 2. The van der Waals surface area contributed by atoms with E-state index in [4.69, 9.17) is 0 Å². The molecule has 128 valence electrons. The average molecular weight is 341 g/mol. The predicted octanol–water partition coefficient (Wildman–Crippen LogP) is 2.54. The van der Waals surface area contributed by atoms with Crippen molar-refractivity contribution in [3.63, 3.8) is 0 Å². The maximum absolute atomic E-state index is 13.8. The molecule has 2 aromatic rings. The SMILES string of the molecule is Cc1ccc(NC(=O)c2ccc(N3NC(=O)CCC3=O)cc2)c(F)c1. The number of nitrogens with zero attached hydrogens (tertiary/aromatic N) is 1. The number of halogens is 1. The molecule has 25 heavy (non-hydrogen) atoms. The van der Waals surface area contributed by atoms with Gasteiger partial charge < -0.3 is 5.32 Å². The summed E-state index contributed by atoms with van der Waals surface area (Å²) in [6, 6.07) is 10.6. The second-order valence-electron chi connectivity index (χ2n) is 5.75. The van der Waals surface area contributed by atoms with Crippen LogP contribution >= 0.6 is 0 Å². The van der Waals surface area contributed by atoms with Gasteiger partial charge in [0.1, 0.15) is 5.82 Å². The number of anilines is 2. The zero-order valence-electron chi connectivity index (χ0n) is 13.5. The van der Waals surface area contributed by atoms with E-state index in [1.165, 1.54) is 24.3 Å². The second kappa shape index (κ2) is 6.72. The van der Waals surface area contributed by atoms with Gasteiger partial charge in [-0.15, -0.1) is 0 Å². The third kappa shape index (κ3) is 3.65. The van der Waals surface area contributed by atoms with Gasteiger partial charge in [-0.1, -0.05) is 6.07 Å². The molecule has 1 fully saturated rings. The third-order valence-electron chi connectivity index (χ3n) is 3.81. The fraction of sp³-hybridized carbons (Fsp3) is 0.167. The minimum Gasteiger partial charge on any atom is -0.319 e. The number of benzene rings is 2. The van der Waals surface area contributed by atoms with Crippen molar-refractivity contribution in [2.45, 2.75) is 19.8 Å². The molecule has 0 unspecified atom stereocenters. The number of hydrazine groups is 1. The number of aryl methyl sites for hydroxylation is 1. The molecule has 0 aliphatic carbocycles. The first-order valence-electron chi connectivity index (χ1n) is 7.74. The van der Waals surface area contributed by atoms with Gasteiger partial charge in [0.15, 0.2) is 0 Å². The Balaban J connectivity index is 1.74. The minimum absolute atomic E-state index is 0.0955. The first-order valence-corrected chi connectivity index (χ1v) is 7.74. The highest BCUT2D eigenvalue weighted by Gasteiger charge is 2.24. The van der Waals surface area contributed by atoms with E-state index < -0.39 is 11.7 Å². The number of carbonyl (C=O) groups is 3. The van der Waals surface area contributed by atoms with Crippen LogP contribution in [0.15, 0.2) is 42.5 Å². The van der Waals surface area contributed by atoms with Gasteiger partial charge in [0.2, 0.25) is 11.8 Å². The lowest BCUT2D eigenvalue weighted by Crippen LogP contribution is -2.50. The van der Waals surface area contributed by atoms with Crippen molar-refractivity contribution in [3.8, 4) is 0 Å². The Hall–Kier alpha value is -3.22. The summed E-state index contributed by atoms with van der Waals surface area (Å²) < 4.78 is 13.8. The van der Waals surface area contributed by atoms with Gasteiger partial charge in [-0.3, -0.25) is 19.8 Å². The van der Waals surface area contributed by atoms with E-state index >= 15 is 0 Å². The average Bonchev–Trinajstić information content (AvgIpc) is 2.59. The van der Waals surface area contributed by atoms with E-state index in [0.29, 0.717) is 11.3 Å². The van der Waals surface area contributed by atoms with Gasteiger partial charge in [-0.05, 0) is 48.9 Å². The van der Waals surface area contributed by atoms with Crippen molar-refractivity contribution in [3.05, 3.63) is 59.4 Å². The van der Waals surface area contributed by atoms with Crippen molar-refractivity contribution < 1.29 is 18.8 Å². The Kier molecular flexibility index (Phi) is 4.47. The zero-order valence-corrected chi connectivity index (χ0v) is 13.5. The lowest BCUT2D eigenvalue weighted by Gasteiger charge is -2.27. The van der Waals surface area contributed by atoms with E-state index in [9.17, 15) is 18.8 Å². The van der Waals surface area contributed by atoms with E-state index in [0.717, 1.165) is 10.6 Å². The van der Waals surface area contributed by atoms with Gasteiger partial charge in [0.05, 0.1) is 11.4 Å². The van der Waals surface area contributed by atoms with Crippen molar-refractivity contribution in [2.75, 3.05) is 10.3 Å². The van der Waals surface area contributed by atoms with Crippen LogP contribution in [0.25, 0.3) is 0 Å². The lowest BCUT2D eigenvalue weighted by molar-refractivity contribution is -0.130. The molecule has 3 amide bonds. The molecule has 2 N–H and O–H groups in total. The Bertz CT molecular complexity index is 849. The van der Waals surface area contributed by atoms with E-state index in [1.54, 1.807) is 25.1 Å². The van der Waals surface area contributed by atoms with Crippen LogP contribution in [0.1, 0.15) is 28.8 Å². The maximum Gasteiger partial charge on any atom is 0.255 e. The molecule has 2 aromatic carbocycles. The van der Waals surface area contributed by atoms with Crippen molar-refractivity contribution in [1.82, 2.24) is 5.43 Å². The molecule has 7 heteroatoms. The van der Waals surface area contributed by atoms with E-state index in [1.807, 2.05) is 0 Å². The van der Waals surface area contributed by atoms with Gasteiger partial charge >= 0.3 is 0 Å². The molecule has 6 nitrogen and oxygen atoms in total. The minimum atomic E-state index is -0.508. The molecule has 1 aliphatic rings. The highest BCUT2D eigenvalue weighted by atomic mass is 19.1. The third-order valence-corrected chi connectivity index (χ3v) is 3.81. The zero-order chi connectivity index (χ0) is 18.0. The number of hydrogen-bond acceptors (Lipinski definition) is 3. The Morgan fingerprint density at radius 3 is 2.52 bits per heavy atom. The summed E-state index contributed by atoms with van der Waals surface area (Å²) in [4.78, 5) is 35.5. The highest BCUT2D eigenvalue weighted by molar-refractivity contribution is 6.05. The summed E-state index contributed by atoms with van der Waals surface area (Å²) in [6.45, 7) is 1.76. The molecular formula is C18H16FN3O3. The Morgan fingerprint density at radius 2 is 1.84 bits per heavy atom. The van der Waals surface area contributed by atoms with Crippen LogP contribution in [0.5, 0.6) is 0 Å². The maximum atomic E-state index is 13.8. The lowest BCUT2D eigenvalue weighted by atomic mass is 10.1. The summed E-state index contributed by atoms with van der Waals surface area (Å²) in [5, 5.41) is 3.66. The fourth-order valence-electron chi connectivity index (χ4n) is 2.46. The molecule has 1 saturated heterocycles. The van der Waals surface area contributed by atoms with Gasteiger partial charge in [-0.2, -0.15) is 0 Å². The standard InChI is InChI=1S/C18H16FN3O3/c1-11-2-7-15(14(19)10-11)20-18(25)12-3-5-13(6-4-12)22-17(24)9-8-16(23)21-22/h2-7,10H,8-9H2,1H3,(H,20,25)(H,21,23). The van der Waals surface area contributed by atoms with Crippen molar-refractivity contribution >= 4 is 29.1 Å². The van der Waals surface area contributed by atoms with Gasteiger partial charge in [-0.25, -0.2) is 9.40 Å². The predicted molar refractivity (Wildman–Crippen MR) is 90.4 cm³/mol. The van der Waals surface area contributed by atoms with Crippen LogP contribution in [0.2, 0.25) is 0 Å². The van der Waals surface area contributed by atoms with E-state index in [-0.39, 0.29) is 30.3 Å². The van der Waals surface area contributed by atoms with Crippen LogP contribution < -0.4 is 15.8 Å². The molecule has 1 heterocycles. The van der Waals surface area contributed by atoms with Crippen molar-refractivity contribution in [1.29, 1.82) is 0 Å². The summed E-state index contributed by atoms with van der Waals surface area (Å²) in [5.41, 5.74) is 4.09. The monoisotopic (exact) mass is 341 g/mol. The molecule has 1 aliphatic heterocycles. The molecular weight excluding hydrogens is 325 g/mol. The first kappa shape index (κ1) is 16.6. The largest absolute Gasteiger partial charge is 0.319 e. The Labute approximate surface area is 143 Å². The normalized spacial score (nSPS) is 14.2. The molecule has 0 aromatic heterocycles. The number of hydrogen-bond donors (Lipinski definition) is 2. The Morgan fingerprint density at radius 1 is 1.12 bits per heavy atom. The number of carbonyl (C=O) groups excluding carboxylic acids is 3. The molecule has 0 radical (unpaired) electrons. The quantitative estimate of drug-likeness (QED) is 0.900. The molecule has 0 bridgehead atoms. The summed E-state index contributed by atoms with van der Waals surface area (Å²) in [6.07, 6.45) is 0.304. The summed E-state index contributed by atoms with van der Waals surface area (Å²) >= 11 is 0. The van der Waals surface area contributed by atoms with Gasteiger partial charge in [0, 0.05) is 18.4 Å². The van der Waals surface area contributed by atoms with Crippen LogP contribution in [0.3, 0.4) is 0 Å². The van der Waals surface area contributed by atoms with E-state index in [2.05, 4.69) is 10.7 Å². The van der Waals surface area contributed by atoms with Crippen LogP contribution in [-0.4, -0.2) is 17.7 Å². The number of rotatable bonds is 3. The smallest absolute Gasteiger partial charge is 0.255 e. The van der Waals surface area contributed by atoms with Crippen LogP contribution in [-0.2, 0) is 9.59 Å². The summed E-state index contributed by atoms with van der Waals surface area (Å²) in [5.74, 6) is -1.44. The summed E-state index contributed by atoms with van der Waals surface area (Å²) in [7, 11) is 0. The van der Waals surface area contributed by atoms with Gasteiger partial charge in [0.25, 0.3) is 5.91 Å². The molecule has 3 rings (SSSR count). The first-order chi connectivity index (χ1) is 11.9. The van der Waals surface area contributed by atoms with Crippen LogP contribution in [0, 0.1) is 12.7 Å². The highest BCUT2D eigenvalue weighted by Crippen LogP contribution is 2.20. The molecule has 0 saturated carbocycles. The second-order valence-corrected chi connectivity index (χ2v) is 5.75.